The smallest absolute Gasteiger partial charge is 0.206 e. The van der Waals surface area contributed by atoms with E-state index in [1.165, 1.54) is 16.4 Å². The third kappa shape index (κ3) is 3.53. The van der Waals surface area contributed by atoms with Gasteiger partial charge in [-0.15, -0.1) is 11.3 Å². The molecule has 1 aromatic rings. The molecule has 0 bridgehead atoms. The van der Waals surface area contributed by atoms with Gasteiger partial charge in [0.1, 0.15) is 15.2 Å². The van der Waals surface area contributed by atoms with Gasteiger partial charge in [-0.05, 0) is 24.5 Å². The molecule has 0 unspecified atom stereocenters. The first kappa shape index (κ1) is 14.2. The predicted molar refractivity (Wildman–Crippen MR) is 68.3 cm³/mol. The normalized spacial score (nSPS) is 12.0. The van der Waals surface area contributed by atoms with Crippen LogP contribution in [0.1, 0.15) is 25.1 Å². The fraction of sp³-hybridized carbons (Fsp3) is 0.545. The second kappa shape index (κ2) is 5.63. The molecule has 0 amide bonds. The van der Waals surface area contributed by atoms with Gasteiger partial charge in [-0.3, -0.25) is 0 Å². The SMILES string of the molecule is CC(C)CCN(C)S(=O)(=O)c1ccc(C#N)s1. The summed E-state index contributed by atoms with van der Waals surface area (Å²) in [6.07, 6.45) is 0.826. The summed E-state index contributed by atoms with van der Waals surface area (Å²) in [5, 5.41) is 8.68. The Labute approximate surface area is 107 Å². The third-order valence-electron chi connectivity index (χ3n) is 2.38. The Bertz CT molecular complexity index is 512. The lowest BCUT2D eigenvalue weighted by Gasteiger charge is -2.16. The Morgan fingerprint density at radius 3 is 2.59 bits per heavy atom. The molecule has 6 heteroatoms. The van der Waals surface area contributed by atoms with E-state index in [0.29, 0.717) is 17.3 Å². The van der Waals surface area contributed by atoms with Gasteiger partial charge in [-0.2, -0.15) is 5.26 Å². The minimum absolute atomic E-state index is 0.236. The number of sulfonamides is 1. The highest BCUT2D eigenvalue weighted by molar-refractivity contribution is 7.91. The first-order chi connectivity index (χ1) is 7.87. The van der Waals surface area contributed by atoms with E-state index in [2.05, 4.69) is 13.8 Å². The van der Waals surface area contributed by atoms with Crippen LogP contribution < -0.4 is 0 Å². The van der Waals surface area contributed by atoms with Crippen molar-refractivity contribution in [1.82, 2.24) is 4.31 Å². The van der Waals surface area contributed by atoms with Crippen molar-refractivity contribution in [2.45, 2.75) is 24.5 Å². The van der Waals surface area contributed by atoms with Gasteiger partial charge in [0.05, 0.1) is 0 Å². The average molecular weight is 272 g/mol. The summed E-state index contributed by atoms with van der Waals surface area (Å²) in [5.41, 5.74) is 0. The highest BCUT2D eigenvalue weighted by Crippen LogP contribution is 2.24. The van der Waals surface area contributed by atoms with Crippen molar-refractivity contribution in [3.8, 4) is 6.07 Å². The number of nitrogens with zero attached hydrogens (tertiary/aromatic N) is 2. The van der Waals surface area contributed by atoms with E-state index in [-0.39, 0.29) is 4.21 Å². The van der Waals surface area contributed by atoms with Gasteiger partial charge < -0.3 is 0 Å². The van der Waals surface area contributed by atoms with Crippen molar-refractivity contribution in [2.24, 2.45) is 5.92 Å². The molecule has 0 aromatic carbocycles. The van der Waals surface area contributed by atoms with Crippen molar-refractivity contribution in [1.29, 1.82) is 5.26 Å². The molecule has 4 nitrogen and oxygen atoms in total. The molecule has 1 aromatic heterocycles. The highest BCUT2D eigenvalue weighted by Gasteiger charge is 2.22. The molecule has 0 atom stereocenters. The van der Waals surface area contributed by atoms with Gasteiger partial charge in [-0.25, -0.2) is 12.7 Å². The van der Waals surface area contributed by atoms with E-state index in [1.54, 1.807) is 7.05 Å². The Kier molecular flexibility index (Phi) is 4.69. The van der Waals surface area contributed by atoms with Gasteiger partial charge in [0.25, 0.3) is 10.0 Å². The van der Waals surface area contributed by atoms with Crippen LogP contribution in [0.3, 0.4) is 0 Å². The van der Waals surface area contributed by atoms with Crippen molar-refractivity contribution in [3.05, 3.63) is 17.0 Å². The lowest BCUT2D eigenvalue weighted by Crippen LogP contribution is -2.28. The lowest BCUT2D eigenvalue weighted by atomic mass is 10.1. The predicted octanol–water partition coefficient (Wildman–Crippen LogP) is 2.29. The van der Waals surface area contributed by atoms with Crippen LogP contribution in [0.4, 0.5) is 0 Å². The lowest BCUT2D eigenvalue weighted by molar-refractivity contribution is 0.429. The number of thiophene rings is 1. The zero-order valence-corrected chi connectivity index (χ0v) is 11.8. The number of nitriles is 1. The van der Waals surface area contributed by atoms with Crippen molar-refractivity contribution in [3.63, 3.8) is 0 Å². The van der Waals surface area contributed by atoms with E-state index < -0.39 is 10.0 Å². The summed E-state index contributed by atoms with van der Waals surface area (Å²) < 4.78 is 25.8. The zero-order chi connectivity index (χ0) is 13.1. The quantitative estimate of drug-likeness (QED) is 0.826. The molecule has 1 rings (SSSR count). The number of rotatable bonds is 5. The van der Waals surface area contributed by atoms with Crippen LogP contribution in [0.25, 0.3) is 0 Å². The second-order valence-electron chi connectivity index (χ2n) is 4.24. The molecule has 17 heavy (non-hydrogen) atoms. The van der Waals surface area contributed by atoms with E-state index >= 15 is 0 Å². The maximum atomic E-state index is 12.1. The summed E-state index contributed by atoms with van der Waals surface area (Å²) in [4.78, 5) is 0.417. The Hall–Kier alpha value is -0.900. The van der Waals surface area contributed by atoms with Crippen LogP contribution in [-0.4, -0.2) is 26.3 Å². The largest absolute Gasteiger partial charge is 0.252 e. The van der Waals surface area contributed by atoms with Crippen LogP contribution in [0, 0.1) is 17.2 Å². The fourth-order valence-corrected chi connectivity index (χ4v) is 3.73. The first-order valence-electron chi connectivity index (χ1n) is 5.34. The van der Waals surface area contributed by atoms with Crippen LogP contribution in [-0.2, 0) is 10.0 Å². The fourth-order valence-electron chi connectivity index (χ4n) is 1.23. The molecule has 0 radical (unpaired) electrons. The minimum Gasteiger partial charge on any atom is -0.206 e. The Morgan fingerprint density at radius 2 is 2.12 bits per heavy atom. The van der Waals surface area contributed by atoms with E-state index in [4.69, 9.17) is 5.26 Å². The third-order valence-corrected chi connectivity index (χ3v) is 5.69. The molecule has 0 aliphatic carbocycles. The molecular weight excluding hydrogens is 256 g/mol. The van der Waals surface area contributed by atoms with Crippen LogP contribution in [0.2, 0.25) is 0 Å². The monoisotopic (exact) mass is 272 g/mol. The maximum Gasteiger partial charge on any atom is 0.252 e. The van der Waals surface area contributed by atoms with Crippen LogP contribution in [0.15, 0.2) is 16.3 Å². The topological polar surface area (TPSA) is 61.2 Å². The molecule has 0 saturated carbocycles. The number of hydrogen-bond acceptors (Lipinski definition) is 4. The molecular formula is C11H16N2O2S2. The molecule has 0 aliphatic heterocycles. The van der Waals surface area contributed by atoms with Gasteiger partial charge in [-0.1, -0.05) is 13.8 Å². The minimum atomic E-state index is -3.42. The van der Waals surface area contributed by atoms with Crippen LogP contribution in [0.5, 0.6) is 0 Å². The maximum absolute atomic E-state index is 12.1. The summed E-state index contributed by atoms with van der Waals surface area (Å²) in [6.45, 7) is 4.61. The van der Waals surface area contributed by atoms with Gasteiger partial charge in [0.2, 0.25) is 0 Å². The average Bonchev–Trinajstić information content (AvgIpc) is 2.74. The standard InChI is InChI=1S/C11H16N2O2S2/c1-9(2)6-7-13(3)17(14,15)11-5-4-10(8-12)16-11/h4-5,9H,6-7H2,1-3H3. The highest BCUT2D eigenvalue weighted by atomic mass is 32.2. The number of hydrogen-bond donors (Lipinski definition) is 0. The van der Waals surface area contributed by atoms with E-state index in [1.807, 2.05) is 6.07 Å². The Balaban J connectivity index is 2.84. The summed E-state index contributed by atoms with van der Waals surface area (Å²) in [7, 11) is -1.85. The molecule has 1 heterocycles. The molecule has 0 N–H and O–H groups in total. The van der Waals surface area contributed by atoms with Gasteiger partial charge >= 0.3 is 0 Å². The van der Waals surface area contributed by atoms with Crippen LogP contribution >= 0.6 is 11.3 Å². The molecule has 0 fully saturated rings. The molecule has 94 valence electrons. The van der Waals surface area contributed by atoms with Gasteiger partial charge in [0, 0.05) is 13.6 Å². The summed E-state index contributed by atoms with van der Waals surface area (Å²) >= 11 is 1.01. The zero-order valence-electron chi connectivity index (χ0n) is 10.2. The summed E-state index contributed by atoms with van der Waals surface area (Å²) in [6, 6.07) is 4.97. The molecule has 0 aliphatic rings. The molecule has 0 saturated heterocycles. The molecule has 0 spiro atoms. The first-order valence-corrected chi connectivity index (χ1v) is 7.60. The van der Waals surface area contributed by atoms with E-state index in [9.17, 15) is 8.42 Å². The second-order valence-corrected chi connectivity index (χ2v) is 7.60. The van der Waals surface area contributed by atoms with Crippen molar-refractivity contribution >= 4 is 21.4 Å². The van der Waals surface area contributed by atoms with E-state index in [0.717, 1.165) is 17.8 Å². The van der Waals surface area contributed by atoms with Crippen molar-refractivity contribution in [2.75, 3.05) is 13.6 Å². The Morgan fingerprint density at radius 1 is 1.47 bits per heavy atom. The summed E-state index contributed by atoms with van der Waals surface area (Å²) in [5.74, 6) is 0.464. The van der Waals surface area contributed by atoms with Crippen molar-refractivity contribution < 1.29 is 8.42 Å². The van der Waals surface area contributed by atoms with Gasteiger partial charge in [0.15, 0.2) is 0 Å².